The van der Waals surface area contributed by atoms with Gasteiger partial charge < -0.3 is 15.3 Å². The lowest BCUT2D eigenvalue weighted by molar-refractivity contribution is -0.207. The van der Waals surface area contributed by atoms with Crippen molar-refractivity contribution >= 4 is 5.78 Å². The Morgan fingerprint density at radius 3 is 2.32 bits per heavy atom. The number of allylic oxidation sites excluding steroid dienone is 1. The lowest BCUT2D eigenvalue weighted by Crippen LogP contribution is -2.62. The molecule has 11 atom stereocenters. The van der Waals surface area contributed by atoms with Gasteiger partial charge in [-0.05, 0) is 104 Å². The zero-order chi connectivity index (χ0) is 24.9. The Kier molecular flexibility index (Phi) is 5.62. The number of hydrogen-bond donors (Lipinski definition) is 3. The van der Waals surface area contributed by atoms with Crippen molar-refractivity contribution in [3.05, 3.63) is 12.2 Å². The molecule has 2 spiro atoms. The van der Waals surface area contributed by atoms with Gasteiger partial charge in [0.25, 0.3) is 0 Å². The smallest absolute Gasteiger partial charge is 0.157 e. The first-order chi connectivity index (χ1) is 15.8. The molecule has 4 heteroatoms. The fourth-order valence-electron chi connectivity index (χ4n) is 11.1. The van der Waals surface area contributed by atoms with Crippen LogP contribution in [0.15, 0.2) is 12.2 Å². The molecule has 4 nitrogen and oxygen atoms in total. The summed E-state index contributed by atoms with van der Waals surface area (Å²) in [5.74, 6) is 2.19. The van der Waals surface area contributed by atoms with Crippen LogP contribution in [0, 0.1) is 50.7 Å². The molecule has 0 saturated heterocycles. The quantitative estimate of drug-likeness (QED) is 0.459. The van der Waals surface area contributed by atoms with E-state index in [0.717, 1.165) is 25.7 Å². The summed E-state index contributed by atoms with van der Waals surface area (Å²) in [6.07, 6.45) is 9.01. The molecule has 0 heterocycles. The molecular weight excluding hydrogens is 424 g/mol. The van der Waals surface area contributed by atoms with E-state index in [2.05, 4.69) is 34.3 Å². The summed E-state index contributed by atoms with van der Waals surface area (Å²) in [7, 11) is 0. The van der Waals surface area contributed by atoms with Gasteiger partial charge in [-0.25, -0.2) is 0 Å². The molecule has 5 aliphatic rings. The molecular formula is C30H48O4. The Balaban J connectivity index is 1.42. The molecule has 5 fully saturated rings. The van der Waals surface area contributed by atoms with Gasteiger partial charge in [0.1, 0.15) is 0 Å². The Hall–Kier alpha value is -0.710. The molecule has 5 aliphatic carbocycles. The molecule has 0 aromatic rings. The molecule has 0 aromatic carbocycles. The molecule has 0 bridgehead atoms. The number of hydrogen-bond acceptors (Lipinski definition) is 4. The van der Waals surface area contributed by atoms with Crippen molar-refractivity contribution in [2.75, 3.05) is 6.61 Å². The van der Waals surface area contributed by atoms with E-state index in [0.29, 0.717) is 36.2 Å². The second-order valence-corrected chi connectivity index (χ2v) is 14.2. The number of ketones is 1. The highest BCUT2D eigenvalue weighted by Gasteiger charge is 2.84. The van der Waals surface area contributed by atoms with Crippen molar-refractivity contribution in [1.29, 1.82) is 0 Å². The Morgan fingerprint density at radius 2 is 1.68 bits per heavy atom. The van der Waals surface area contributed by atoms with Crippen LogP contribution in [-0.2, 0) is 4.79 Å². The van der Waals surface area contributed by atoms with Crippen molar-refractivity contribution in [2.24, 2.45) is 50.7 Å². The number of rotatable bonds is 6. The lowest BCUT2D eigenvalue weighted by atomic mass is 9.41. The van der Waals surface area contributed by atoms with Crippen molar-refractivity contribution in [1.82, 2.24) is 0 Å². The highest BCUT2D eigenvalue weighted by atomic mass is 16.3. The maximum atomic E-state index is 12.2. The van der Waals surface area contributed by atoms with E-state index in [1.54, 1.807) is 0 Å². The monoisotopic (exact) mass is 472 g/mol. The van der Waals surface area contributed by atoms with E-state index in [1.165, 1.54) is 25.7 Å². The van der Waals surface area contributed by atoms with Crippen LogP contribution in [0.2, 0.25) is 0 Å². The minimum atomic E-state index is -0.625. The predicted molar refractivity (Wildman–Crippen MR) is 134 cm³/mol. The summed E-state index contributed by atoms with van der Waals surface area (Å²) in [4.78, 5) is 12.2. The minimum absolute atomic E-state index is 0.00548. The zero-order valence-electron chi connectivity index (χ0n) is 22.2. The second kappa shape index (κ2) is 7.65. The van der Waals surface area contributed by atoms with Gasteiger partial charge in [0.05, 0.1) is 18.8 Å². The normalized spacial score (nSPS) is 54.3. The van der Waals surface area contributed by atoms with Gasteiger partial charge >= 0.3 is 0 Å². The van der Waals surface area contributed by atoms with Crippen molar-refractivity contribution in [3.63, 3.8) is 0 Å². The largest absolute Gasteiger partial charge is 0.396 e. The first-order valence-corrected chi connectivity index (χ1v) is 14.0. The van der Waals surface area contributed by atoms with E-state index in [1.807, 2.05) is 6.92 Å². The first kappa shape index (κ1) is 25.0. The fraction of sp³-hybridized carbons (Fsp3) is 0.900. The van der Waals surface area contributed by atoms with Gasteiger partial charge in [0, 0.05) is 23.7 Å². The van der Waals surface area contributed by atoms with E-state index in [9.17, 15) is 20.1 Å². The van der Waals surface area contributed by atoms with E-state index in [-0.39, 0.29) is 40.0 Å². The number of carbonyl (C=O) groups excluding carboxylic acids is 1. The number of Topliss-reactive ketones (excluding diaryl/α,β-unsaturated/α-hetero) is 1. The van der Waals surface area contributed by atoms with Crippen LogP contribution in [0.3, 0.4) is 0 Å². The molecule has 5 saturated carbocycles. The third-order valence-corrected chi connectivity index (χ3v) is 13.3. The Bertz CT molecular complexity index is 883. The standard InChI is InChI=1S/C30H48O4/c1-18(2)21(32)8-7-19(3)20-11-12-28(6)23-10-9-22-26(4,17-31)24(33)15-25(34)30(22)16-29(23,30)14-13-27(20,28)5/h19-20,22-25,31,33-34H,1,7-17H2,2-6H3/t19-,20-,22+,23+,24+,25+,26+,27-,28+,29+,30-/m1/s1. The van der Waals surface area contributed by atoms with Crippen LogP contribution < -0.4 is 0 Å². The van der Waals surface area contributed by atoms with Crippen LogP contribution in [0.5, 0.6) is 0 Å². The van der Waals surface area contributed by atoms with Gasteiger partial charge in [-0.1, -0.05) is 34.3 Å². The van der Waals surface area contributed by atoms with Crippen molar-refractivity contribution in [3.8, 4) is 0 Å². The van der Waals surface area contributed by atoms with Crippen LogP contribution in [-0.4, -0.2) is 39.9 Å². The molecule has 0 aromatic heterocycles. The minimum Gasteiger partial charge on any atom is -0.396 e. The Labute approximate surface area is 206 Å². The van der Waals surface area contributed by atoms with Gasteiger partial charge in [-0.15, -0.1) is 0 Å². The van der Waals surface area contributed by atoms with Gasteiger partial charge in [0.2, 0.25) is 0 Å². The van der Waals surface area contributed by atoms with E-state index in [4.69, 9.17) is 0 Å². The highest BCUT2D eigenvalue weighted by molar-refractivity contribution is 5.94. The number of aliphatic hydroxyl groups excluding tert-OH is 3. The Morgan fingerprint density at radius 1 is 1.00 bits per heavy atom. The highest BCUT2D eigenvalue weighted by Crippen LogP contribution is 2.89. The average molecular weight is 473 g/mol. The predicted octanol–water partition coefficient (Wildman–Crippen LogP) is 5.29. The molecule has 0 amide bonds. The fourth-order valence-corrected chi connectivity index (χ4v) is 11.1. The van der Waals surface area contributed by atoms with Gasteiger partial charge in [-0.3, -0.25) is 4.79 Å². The van der Waals surface area contributed by atoms with Crippen LogP contribution in [0.1, 0.15) is 98.8 Å². The SMILES string of the molecule is C=C(C)C(=O)CC[C@@H](C)[C@H]1CC[C@@]2(C)[C@@H]3CC[C@H]4[C@](C)(CO)[C@@H](O)C[C@H](O)[C@@]45C[C@@]35CC[C@]12C. The number of carbonyl (C=O) groups is 1. The molecule has 0 aliphatic heterocycles. The first-order valence-electron chi connectivity index (χ1n) is 14.0. The summed E-state index contributed by atoms with van der Waals surface area (Å²) in [6, 6.07) is 0. The summed E-state index contributed by atoms with van der Waals surface area (Å²) in [5, 5.41) is 32.7. The summed E-state index contributed by atoms with van der Waals surface area (Å²) < 4.78 is 0. The third kappa shape index (κ3) is 2.80. The summed E-state index contributed by atoms with van der Waals surface area (Å²) in [6.45, 7) is 15.2. The van der Waals surface area contributed by atoms with Gasteiger partial charge in [0.15, 0.2) is 5.78 Å². The average Bonchev–Trinajstić information content (AvgIpc) is 3.41. The summed E-state index contributed by atoms with van der Waals surface area (Å²) >= 11 is 0. The molecule has 34 heavy (non-hydrogen) atoms. The lowest BCUT2D eigenvalue weighted by Gasteiger charge is -2.64. The maximum Gasteiger partial charge on any atom is 0.157 e. The van der Waals surface area contributed by atoms with Crippen LogP contribution in [0.25, 0.3) is 0 Å². The van der Waals surface area contributed by atoms with Crippen molar-refractivity contribution < 1.29 is 20.1 Å². The number of aliphatic hydroxyl groups is 3. The van der Waals surface area contributed by atoms with E-state index >= 15 is 0 Å². The molecule has 5 rings (SSSR count). The molecule has 0 radical (unpaired) electrons. The maximum absolute atomic E-state index is 12.2. The zero-order valence-corrected chi connectivity index (χ0v) is 22.2. The third-order valence-electron chi connectivity index (χ3n) is 13.3. The molecule has 192 valence electrons. The van der Waals surface area contributed by atoms with E-state index < -0.39 is 17.6 Å². The summed E-state index contributed by atoms with van der Waals surface area (Å²) in [5.41, 5.74) is 0.754. The molecule has 0 unspecified atom stereocenters. The second-order valence-electron chi connectivity index (χ2n) is 14.2. The van der Waals surface area contributed by atoms with Crippen molar-refractivity contribution in [2.45, 2.75) is 111 Å². The molecule has 3 N–H and O–H groups in total. The van der Waals surface area contributed by atoms with Crippen LogP contribution >= 0.6 is 0 Å². The van der Waals surface area contributed by atoms with Crippen LogP contribution in [0.4, 0.5) is 0 Å². The number of fused-ring (bicyclic) bond motifs is 2. The van der Waals surface area contributed by atoms with Gasteiger partial charge in [-0.2, -0.15) is 0 Å². The topological polar surface area (TPSA) is 77.8 Å².